The molecule has 0 unspecified atom stereocenters. The molecule has 3 rings (SSSR count). The van der Waals surface area contributed by atoms with Gasteiger partial charge in [-0.2, -0.15) is 0 Å². The first-order valence-electron chi connectivity index (χ1n) is 8.15. The lowest BCUT2D eigenvalue weighted by Gasteiger charge is -2.33. The van der Waals surface area contributed by atoms with E-state index < -0.39 is 0 Å². The maximum Gasteiger partial charge on any atom is 0.248 e. The van der Waals surface area contributed by atoms with Gasteiger partial charge in [0.25, 0.3) is 0 Å². The summed E-state index contributed by atoms with van der Waals surface area (Å²) in [6, 6.07) is 11.5. The fourth-order valence-electron chi connectivity index (χ4n) is 2.85. The Morgan fingerprint density at radius 3 is 2.88 bits per heavy atom. The molecule has 0 bridgehead atoms. The number of hydrogen-bond acceptors (Lipinski definition) is 4. The summed E-state index contributed by atoms with van der Waals surface area (Å²) in [5.41, 5.74) is 1.93. The molecular weight excluding hydrogens is 304 g/mol. The van der Waals surface area contributed by atoms with Gasteiger partial charge in [-0.25, -0.2) is 0 Å². The Bertz CT molecular complexity index is 677. The Balaban J connectivity index is 1.57. The number of furan rings is 1. The van der Waals surface area contributed by atoms with Gasteiger partial charge in [-0.05, 0) is 55.3 Å². The third-order valence-corrected chi connectivity index (χ3v) is 4.15. The van der Waals surface area contributed by atoms with Crippen LogP contribution in [0.15, 0.2) is 53.2 Å². The van der Waals surface area contributed by atoms with Gasteiger partial charge in [-0.15, -0.1) is 0 Å². The van der Waals surface area contributed by atoms with E-state index in [-0.39, 0.29) is 5.91 Å². The van der Waals surface area contributed by atoms with Crippen LogP contribution in [0.4, 0.5) is 11.4 Å². The molecule has 0 aliphatic carbocycles. The van der Waals surface area contributed by atoms with Gasteiger partial charge in [0.1, 0.15) is 5.76 Å². The van der Waals surface area contributed by atoms with Crippen molar-refractivity contribution in [1.82, 2.24) is 0 Å². The Morgan fingerprint density at radius 2 is 2.17 bits per heavy atom. The second-order valence-electron chi connectivity index (χ2n) is 5.83. The van der Waals surface area contributed by atoms with Crippen LogP contribution in [0.25, 0.3) is 6.08 Å². The van der Waals surface area contributed by atoms with Gasteiger partial charge in [0, 0.05) is 37.7 Å². The standard InChI is InChI=1S/C19H22N2O3/c1-23-18-4-2-12-21(14-18)16-8-6-15(7-9-16)20-19(22)11-10-17-5-3-13-24-17/h3,5-11,13,18H,2,4,12,14H2,1H3,(H,20,22)/b11-10+/t18-/m1/s1. The molecule has 24 heavy (non-hydrogen) atoms. The third kappa shape index (κ3) is 4.26. The molecule has 0 radical (unpaired) electrons. The first-order valence-corrected chi connectivity index (χ1v) is 8.15. The maximum atomic E-state index is 11.9. The molecule has 2 heterocycles. The SMILES string of the molecule is CO[C@@H]1CCCN(c2ccc(NC(=O)/C=C/c3ccco3)cc2)C1. The molecule has 1 N–H and O–H groups in total. The average molecular weight is 326 g/mol. The van der Waals surface area contributed by atoms with E-state index >= 15 is 0 Å². The molecule has 2 aromatic rings. The first kappa shape index (κ1) is 16.3. The number of rotatable bonds is 5. The number of piperidine rings is 1. The average Bonchev–Trinajstić information content (AvgIpc) is 3.14. The number of benzene rings is 1. The minimum atomic E-state index is -0.184. The highest BCUT2D eigenvalue weighted by Crippen LogP contribution is 2.23. The smallest absolute Gasteiger partial charge is 0.248 e. The summed E-state index contributed by atoms with van der Waals surface area (Å²) in [5.74, 6) is 0.467. The molecule has 1 aliphatic heterocycles. The maximum absolute atomic E-state index is 11.9. The highest BCUT2D eigenvalue weighted by atomic mass is 16.5. The monoisotopic (exact) mass is 326 g/mol. The van der Waals surface area contributed by atoms with Gasteiger partial charge in [0.2, 0.25) is 5.91 Å². The summed E-state index contributed by atoms with van der Waals surface area (Å²) < 4.78 is 10.6. The van der Waals surface area contributed by atoms with E-state index in [0.29, 0.717) is 11.9 Å². The number of ether oxygens (including phenoxy) is 1. The van der Waals surface area contributed by atoms with E-state index in [4.69, 9.17) is 9.15 Å². The molecule has 1 amide bonds. The van der Waals surface area contributed by atoms with Crippen molar-refractivity contribution in [2.45, 2.75) is 18.9 Å². The number of hydrogen-bond donors (Lipinski definition) is 1. The van der Waals surface area contributed by atoms with Crippen LogP contribution < -0.4 is 10.2 Å². The molecule has 5 heteroatoms. The van der Waals surface area contributed by atoms with Crippen LogP contribution in [0.5, 0.6) is 0 Å². The molecule has 1 fully saturated rings. The predicted octanol–water partition coefficient (Wildman–Crippen LogP) is 3.55. The molecule has 0 spiro atoms. The summed E-state index contributed by atoms with van der Waals surface area (Å²) in [6.45, 7) is 1.95. The molecular formula is C19H22N2O3. The number of anilines is 2. The molecule has 0 saturated carbocycles. The van der Waals surface area contributed by atoms with Gasteiger partial charge in [-0.3, -0.25) is 4.79 Å². The van der Waals surface area contributed by atoms with E-state index in [1.54, 1.807) is 31.6 Å². The summed E-state index contributed by atoms with van der Waals surface area (Å²) >= 11 is 0. The second-order valence-corrected chi connectivity index (χ2v) is 5.83. The highest BCUT2D eigenvalue weighted by Gasteiger charge is 2.19. The zero-order chi connectivity index (χ0) is 16.8. The molecule has 5 nitrogen and oxygen atoms in total. The van der Waals surface area contributed by atoms with E-state index in [1.165, 1.54) is 6.08 Å². The lowest BCUT2D eigenvalue weighted by molar-refractivity contribution is -0.111. The van der Waals surface area contributed by atoms with Gasteiger partial charge < -0.3 is 19.4 Å². The van der Waals surface area contributed by atoms with Crippen LogP contribution in [-0.2, 0) is 9.53 Å². The number of carbonyl (C=O) groups excluding carboxylic acids is 1. The van der Waals surface area contributed by atoms with E-state index in [0.717, 1.165) is 37.3 Å². The van der Waals surface area contributed by atoms with Crippen LogP contribution >= 0.6 is 0 Å². The van der Waals surface area contributed by atoms with Crippen molar-refractivity contribution >= 4 is 23.4 Å². The summed E-state index contributed by atoms with van der Waals surface area (Å²) in [5, 5.41) is 2.84. The molecule has 126 valence electrons. The van der Waals surface area contributed by atoms with E-state index in [9.17, 15) is 4.79 Å². The number of carbonyl (C=O) groups is 1. The Labute approximate surface area is 141 Å². The molecule has 1 atom stereocenters. The van der Waals surface area contributed by atoms with Crippen LogP contribution in [-0.4, -0.2) is 32.2 Å². The Kier molecular flexibility index (Phi) is 5.33. The summed E-state index contributed by atoms with van der Waals surface area (Å²) in [7, 11) is 1.77. The molecule has 1 saturated heterocycles. The topological polar surface area (TPSA) is 54.7 Å². The fourth-order valence-corrected chi connectivity index (χ4v) is 2.85. The van der Waals surface area contributed by atoms with Crippen LogP contribution in [0.3, 0.4) is 0 Å². The lowest BCUT2D eigenvalue weighted by Crippen LogP contribution is -2.39. The number of nitrogens with zero attached hydrogens (tertiary/aromatic N) is 1. The minimum Gasteiger partial charge on any atom is -0.465 e. The summed E-state index contributed by atoms with van der Waals surface area (Å²) in [6.07, 6.45) is 7.22. The number of nitrogens with one attached hydrogen (secondary N) is 1. The Morgan fingerprint density at radius 1 is 1.33 bits per heavy atom. The number of amides is 1. The van der Waals surface area contributed by atoms with E-state index in [2.05, 4.69) is 10.2 Å². The van der Waals surface area contributed by atoms with Crippen molar-refractivity contribution < 1.29 is 13.9 Å². The molecule has 1 aliphatic rings. The second kappa shape index (κ2) is 7.84. The van der Waals surface area contributed by atoms with Gasteiger partial charge >= 0.3 is 0 Å². The zero-order valence-corrected chi connectivity index (χ0v) is 13.8. The van der Waals surface area contributed by atoms with Crippen molar-refractivity contribution in [3.05, 3.63) is 54.5 Å². The van der Waals surface area contributed by atoms with Gasteiger partial charge in [0.15, 0.2) is 0 Å². The van der Waals surface area contributed by atoms with Crippen LogP contribution in [0.2, 0.25) is 0 Å². The lowest BCUT2D eigenvalue weighted by atomic mass is 10.1. The van der Waals surface area contributed by atoms with E-state index in [1.807, 2.05) is 24.3 Å². The normalized spacial score (nSPS) is 18.0. The zero-order valence-electron chi connectivity index (χ0n) is 13.8. The predicted molar refractivity (Wildman–Crippen MR) is 95.1 cm³/mol. The largest absolute Gasteiger partial charge is 0.465 e. The third-order valence-electron chi connectivity index (χ3n) is 4.15. The van der Waals surface area contributed by atoms with Crippen molar-refractivity contribution in [1.29, 1.82) is 0 Å². The van der Waals surface area contributed by atoms with Crippen molar-refractivity contribution in [2.24, 2.45) is 0 Å². The summed E-state index contributed by atoms with van der Waals surface area (Å²) in [4.78, 5) is 14.2. The van der Waals surface area contributed by atoms with Crippen LogP contribution in [0.1, 0.15) is 18.6 Å². The highest BCUT2D eigenvalue weighted by molar-refractivity contribution is 6.01. The van der Waals surface area contributed by atoms with Gasteiger partial charge in [-0.1, -0.05) is 0 Å². The number of methoxy groups -OCH3 is 1. The fraction of sp³-hybridized carbons (Fsp3) is 0.316. The Hall–Kier alpha value is -2.53. The van der Waals surface area contributed by atoms with Gasteiger partial charge in [0.05, 0.1) is 12.4 Å². The molecule has 1 aromatic carbocycles. The quantitative estimate of drug-likeness (QED) is 0.854. The molecule has 1 aromatic heterocycles. The van der Waals surface area contributed by atoms with Crippen molar-refractivity contribution in [3.8, 4) is 0 Å². The van der Waals surface area contributed by atoms with Crippen molar-refractivity contribution in [3.63, 3.8) is 0 Å². The minimum absolute atomic E-state index is 0.184. The van der Waals surface area contributed by atoms with Crippen LogP contribution in [0, 0.1) is 0 Å². The van der Waals surface area contributed by atoms with Crippen molar-refractivity contribution in [2.75, 3.05) is 30.4 Å². The first-order chi connectivity index (χ1) is 11.7.